The molecule has 1 aliphatic rings. The van der Waals surface area contributed by atoms with E-state index in [1.165, 1.54) is 6.92 Å². The average Bonchev–Trinajstić information content (AvgIpc) is 2.87. The molecule has 2 heterocycles. The lowest BCUT2D eigenvalue weighted by Crippen LogP contribution is -2.40. The largest absolute Gasteiger partial charge is 0.472 e. The summed E-state index contributed by atoms with van der Waals surface area (Å²) in [6, 6.07) is 0. The topological polar surface area (TPSA) is 209 Å². The Labute approximate surface area is 138 Å². The average molecular weight is 379 g/mol. The van der Waals surface area contributed by atoms with Crippen molar-refractivity contribution in [1.29, 1.82) is 0 Å². The highest BCUT2D eigenvalue weighted by Gasteiger charge is 2.43. The molecule has 0 spiro atoms. The van der Waals surface area contributed by atoms with Crippen LogP contribution in [0.5, 0.6) is 0 Å². The maximum atomic E-state index is 12.2. The van der Waals surface area contributed by atoms with Gasteiger partial charge in [0.25, 0.3) is 0 Å². The second-order valence-electron chi connectivity index (χ2n) is 5.14. The summed E-state index contributed by atoms with van der Waals surface area (Å²) in [7, 11) is -5.04. The predicted octanol–water partition coefficient (Wildman–Crippen LogP) is -1.53. The molecule has 138 valence electrons. The first-order chi connectivity index (χ1) is 11.5. The highest BCUT2D eigenvalue weighted by molar-refractivity contribution is 7.46. The second-order valence-corrected chi connectivity index (χ2v) is 6.33. The van der Waals surface area contributed by atoms with Crippen LogP contribution in [-0.2, 0) is 13.8 Å². The van der Waals surface area contributed by atoms with Crippen LogP contribution in [0.4, 0.5) is 0 Å². The lowest BCUT2D eigenvalue weighted by Gasteiger charge is -2.21. The Kier molecular flexibility index (Phi) is 5.46. The van der Waals surface area contributed by atoms with E-state index in [1.807, 2.05) is 0 Å². The molecule has 4 N–H and O–H groups in total. The van der Waals surface area contributed by atoms with E-state index < -0.39 is 43.8 Å². The van der Waals surface area contributed by atoms with E-state index in [4.69, 9.17) is 20.1 Å². The van der Waals surface area contributed by atoms with Crippen LogP contribution in [0.1, 0.15) is 18.2 Å². The highest BCUT2D eigenvalue weighted by Crippen LogP contribution is 2.40. The number of aliphatic hydroxyl groups is 2. The van der Waals surface area contributed by atoms with Gasteiger partial charge in [0.2, 0.25) is 0 Å². The van der Waals surface area contributed by atoms with Crippen molar-refractivity contribution in [2.45, 2.75) is 38.1 Å². The van der Waals surface area contributed by atoms with Crippen molar-refractivity contribution >= 4 is 7.82 Å². The number of nitrogens with zero attached hydrogens (tertiary/aromatic N) is 5. The molecule has 0 radical (unpaired) electrons. The fraction of sp³-hybridized carbons (Fsp3) is 0.600. The van der Waals surface area contributed by atoms with Crippen LogP contribution in [0.25, 0.3) is 10.4 Å². The molecule has 2 rings (SSSR count). The van der Waals surface area contributed by atoms with Crippen molar-refractivity contribution in [3.8, 4) is 0 Å². The zero-order valence-corrected chi connectivity index (χ0v) is 13.5. The Bertz CT molecular complexity index is 869. The summed E-state index contributed by atoms with van der Waals surface area (Å²) in [6.45, 7) is 1.34. The van der Waals surface area contributed by atoms with Gasteiger partial charge < -0.3 is 24.7 Å². The van der Waals surface area contributed by atoms with Gasteiger partial charge in [-0.3, -0.25) is 9.09 Å². The van der Waals surface area contributed by atoms with Crippen molar-refractivity contribution in [3.63, 3.8) is 0 Å². The quantitative estimate of drug-likeness (QED) is 0.153. The Morgan fingerprint density at radius 2 is 2.16 bits per heavy atom. The van der Waals surface area contributed by atoms with Gasteiger partial charge in [0, 0.05) is 12.6 Å². The summed E-state index contributed by atoms with van der Waals surface area (Å²) in [6.07, 6.45) is -5.53. The number of aryl methyl sites for hydroxylation is 1. The zero-order valence-electron chi connectivity index (χ0n) is 12.6. The molecule has 1 fully saturated rings. The molecule has 15 heteroatoms. The highest BCUT2D eigenvalue weighted by atomic mass is 31.2. The van der Waals surface area contributed by atoms with E-state index in [1.54, 1.807) is 0 Å². The Balaban J connectivity index is 2.36. The lowest BCUT2D eigenvalue weighted by atomic mass is 10.2. The molecule has 0 amide bonds. The summed E-state index contributed by atoms with van der Waals surface area (Å²) < 4.78 is 21.1. The van der Waals surface area contributed by atoms with E-state index >= 15 is 0 Å². The van der Waals surface area contributed by atoms with Crippen LogP contribution in [0, 0.1) is 6.92 Å². The maximum absolute atomic E-state index is 12.2. The normalized spacial score (nSPS) is 24.8. The van der Waals surface area contributed by atoms with Gasteiger partial charge in [-0.2, -0.15) is 4.91 Å². The minimum atomic E-state index is -5.04. The molecule has 1 aromatic rings. The number of rotatable bonds is 5. The number of aromatic nitrogens is 2. The number of phosphoric ester groups is 1. The minimum Gasteiger partial charge on any atom is -0.390 e. The fourth-order valence-electron chi connectivity index (χ4n) is 2.31. The molecule has 14 nitrogen and oxygen atoms in total. The standard InChI is InChI=1S/C10H14N5O9P/c1-4-3-14(10(19)15(8(4)17)13-12-11)6-2-5(16)7(23-6)9(18)24-25(20,21)22/h3,5-7,9,16,18H,2H2,1H3,(H2,20,21,22)/t5-,6+,7-,9?/m0/s1. The molecule has 1 aromatic heterocycles. The number of ether oxygens (including phenoxy) is 1. The van der Waals surface area contributed by atoms with Crippen LogP contribution in [0.15, 0.2) is 21.0 Å². The summed E-state index contributed by atoms with van der Waals surface area (Å²) in [5.74, 6) is 0. The van der Waals surface area contributed by atoms with E-state index in [2.05, 4.69) is 14.7 Å². The number of hydrogen-bond acceptors (Lipinski definition) is 8. The van der Waals surface area contributed by atoms with Gasteiger partial charge in [0.1, 0.15) is 12.3 Å². The predicted molar refractivity (Wildman–Crippen MR) is 77.9 cm³/mol. The lowest BCUT2D eigenvalue weighted by molar-refractivity contribution is -0.161. The van der Waals surface area contributed by atoms with Gasteiger partial charge in [-0.05, 0) is 12.1 Å². The van der Waals surface area contributed by atoms with Gasteiger partial charge in [-0.15, -0.1) is 5.53 Å². The van der Waals surface area contributed by atoms with Crippen molar-refractivity contribution in [2.24, 2.45) is 5.22 Å². The van der Waals surface area contributed by atoms with Gasteiger partial charge in [0.05, 0.1) is 11.7 Å². The third-order valence-electron chi connectivity index (χ3n) is 3.37. The first-order valence-corrected chi connectivity index (χ1v) is 8.24. The van der Waals surface area contributed by atoms with Crippen LogP contribution >= 0.6 is 7.82 Å². The minimum absolute atomic E-state index is 0.0283. The SMILES string of the molecule is Cc1cn([C@H]2C[C@H](O)[C@@H](C(O)OP(=O)(O)O)O2)c(=O)n(N=[N+]=[N-])c1=O. The molecule has 0 bridgehead atoms. The van der Waals surface area contributed by atoms with Crippen LogP contribution in [0.2, 0.25) is 0 Å². The van der Waals surface area contributed by atoms with Gasteiger partial charge in [-0.25, -0.2) is 14.2 Å². The summed E-state index contributed by atoms with van der Waals surface area (Å²) in [5.41, 5.74) is 6.56. The van der Waals surface area contributed by atoms with Gasteiger partial charge in [-0.1, -0.05) is 4.68 Å². The first kappa shape index (κ1) is 19.3. The molecular formula is C10H14N5O9P. The van der Waals surface area contributed by atoms with Crippen molar-refractivity contribution in [3.05, 3.63) is 43.0 Å². The fourth-order valence-corrected chi connectivity index (χ4v) is 2.71. The molecule has 4 atom stereocenters. The van der Waals surface area contributed by atoms with Gasteiger partial charge >= 0.3 is 19.1 Å². The molecule has 1 saturated heterocycles. The Morgan fingerprint density at radius 1 is 1.52 bits per heavy atom. The Morgan fingerprint density at radius 3 is 2.72 bits per heavy atom. The monoisotopic (exact) mass is 379 g/mol. The number of phosphoric acid groups is 1. The van der Waals surface area contributed by atoms with E-state index in [9.17, 15) is 24.4 Å². The number of azide groups is 1. The Hall–Kier alpha value is -2.02. The van der Waals surface area contributed by atoms with Crippen LogP contribution < -0.4 is 11.2 Å². The molecule has 25 heavy (non-hydrogen) atoms. The maximum Gasteiger partial charge on any atom is 0.472 e. The van der Waals surface area contributed by atoms with Crippen molar-refractivity contribution in [1.82, 2.24) is 9.24 Å². The van der Waals surface area contributed by atoms with Gasteiger partial charge in [0.15, 0.2) is 6.29 Å². The number of hydrogen-bond donors (Lipinski definition) is 4. The molecule has 0 saturated carbocycles. The molecular weight excluding hydrogens is 365 g/mol. The third kappa shape index (κ3) is 4.15. The smallest absolute Gasteiger partial charge is 0.390 e. The first-order valence-electron chi connectivity index (χ1n) is 6.71. The second kappa shape index (κ2) is 7.07. The summed E-state index contributed by atoms with van der Waals surface area (Å²) >= 11 is 0. The molecule has 1 aliphatic heterocycles. The van der Waals surface area contributed by atoms with E-state index in [-0.39, 0.29) is 16.7 Å². The molecule has 0 aromatic carbocycles. The summed E-state index contributed by atoms with van der Waals surface area (Å²) in [5, 5.41) is 22.5. The van der Waals surface area contributed by atoms with E-state index in [0.717, 1.165) is 10.8 Å². The molecule has 0 aliphatic carbocycles. The number of aliphatic hydroxyl groups excluding tert-OH is 2. The van der Waals surface area contributed by atoms with E-state index in [0.29, 0.717) is 0 Å². The van der Waals surface area contributed by atoms with Crippen molar-refractivity contribution in [2.75, 3.05) is 0 Å². The third-order valence-corrected chi connectivity index (χ3v) is 3.86. The molecule has 1 unspecified atom stereocenters. The summed E-state index contributed by atoms with van der Waals surface area (Å²) in [4.78, 5) is 43.7. The zero-order chi connectivity index (χ0) is 18.9. The van der Waals surface area contributed by atoms with Crippen LogP contribution in [0.3, 0.4) is 0 Å². The van der Waals surface area contributed by atoms with Crippen molar-refractivity contribution < 1.29 is 33.8 Å². The van der Waals surface area contributed by atoms with Crippen LogP contribution in [-0.4, -0.2) is 47.7 Å².